The fraction of sp³-hybridized carbons (Fsp3) is 0.222. The molecule has 1 heterocycles. The van der Waals surface area contributed by atoms with E-state index in [1.54, 1.807) is 19.1 Å². The minimum absolute atomic E-state index is 0.0910. The molecular formula is C18H19N3O4S. The first-order valence-corrected chi connectivity index (χ1v) is 9.42. The van der Waals surface area contributed by atoms with E-state index in [1.165, 1.54) is 13.2 Å². The number of methoxy groups -OCH3 is 1. The van der Waals surface area contributed by atoms with Gasteiger partial charge in [-0.15, -0.1) is 10.2 Å². The summed E-state index contributed by atoms with van der Waals surface area (Å²) in [6.07, 6.45) is 0. The topological polar surface area (TPSA) is 94.3 Å². The quantitative estimate of drug-likeness (QED) is 0.714. The lowest BCUT2D eigenvalue weighted by Gasteiger charge is -2.08. The SMILES string of the molecule is COc1ccc(S(=O)(=O)NCc2nnc(-c3ccccc3C)o2)cc1C. The zero-order chi connectivity index (χ0) is 18.7. The normalized spacial score (nSPS) is 11.5. The van der Waals surface area contributed by atoms with Gasteiger partial charge in [0.25, 0.3) is 0 Å². The van der Waals surface area contributed by atoms with Crippen LogP contribution in [-0.2, 0) is 16.6 Å². The van der Waals surface area contributed by atoms with Crippen molar-refractivity contribution in [3.63, 3.8) is 0 Å². The molecule has 3 rings (SSSR count). The number of benzene rings is 2. The number of hydrogen-bond donors (Lipinski definition) is 1. The Hall–Kier alpha value is -2.71. The maximum atomic E-state index is 12.4. The average molecular weight is 373 g/mol. The van der Waals surface area contributed by atoms with Crippen LogP contribution in [0.5, 0.6) is 5.75 Å². The maximum absolute atomic E-state index is 12.4. The number of rotatable bonds is 6. The Balaban J connectivity index is 1.75. The highest BCUT2D eigenvalue weighted by atomic mass is 32.2. The third-order valence-electron chi connectivity index (χ3n) is 3.93. The molecule has 2 aromatic carbocycles. The molecule has 0 fully saturated rings. The van der Waals surface area contributed by atoms with Crippen molar-refractivity contribution < 1.29 is 17.6 Å². The third kappa shape index (κ3) is 3.76. The zero-order valence-corrected chi connectivity index (χ0v) is 15.5. The number of nitrogens with one attached hydrogen (secondary N) is 1. The van der Waals surface area contributed by atoms with Gasteiger partial charge in [-0.25, -0.2) is 13.1 Å². The maximum Gasteiger partial charge on any atom is 0.248 e. The molecule has 8 heteroatoms. The molecule has 0 spiro atoms. The van der Waals surface area contributed by atoms with Gasteiger partial charge in [0.15, 0.2) is 0 Å². The van der Waals surface area contributed by atoms with Crippen LogP contribution in [0, 0.1) is 13.8 Å². The molecule has 3 aromatic rings. The van der Waals surface area contributed by atoms with Crippen molar-refractivity contribution in [2.75, 3.05) is 7.11 Å². The molecule has 0 aliphatic rings. The highest BCUT2D eigenvalue weighted by Crippen LogP contribution is 2.23. The summed E-state index contributed by atoms with van der Waals surface area (Å²) in [5.74, 6) is 1.18. The van der Waals surface area contributed by atoms with Gasteiger partial charge in [-0.2, -0.15) is 0 Å². The molecule has 0 amide bonds. The van der Waals surface area contributed by atoms with E-state index in [0.717, 1.165) is 16.7 Å². The van der Waals surface area contributed by atoms with Gasteiger partial charge >= 0.3 is 0 Å². The van der Waals surface area contributed by atoms with Crippen LogP contribution in [-0.4, -0.2) is 25.7 Å². The zero-order valence-electron chi connectivity index (χ0n) is 14.7. The number of ether oxygens (including phenoxy) is 1. The molecule has 0 unspecified atom stereocenters. The van der Waals surface area contributed by atoms with Crippen molar-refractivity contribution in [3.8, 4) is 17.2 Å². The fourth-order valence-corrected chi connectivity index (χ4v) is 3.56. The molecule has 26 heavy (non-hydrogen) atoms. The largest absolute Gasteiger partial charge is 0.496 e. The molecule has 0 aliphatic carbocycles. The van der Waals surface area contributed by atoms with Crippen LogP contribution >= 0.6 is 0 Å². The van der Waals surface area contributed by atoms with Crippen molar-refractivity contribution in [2.45, 2.75) is 25.3 Å². The first kappa shape index (κ1) is 18.1. The van der Waals surface area contributed by atoms with Crippen LogP contribution in [0.1, 0.15) is 17.0 Å². The second kappa shape index (κ2) is 7.27. The van der Waals surface area contributed by atoms with Gasteiger partial charge in [-0.05, 0) is 49.2 Å². The first-order valence-electron chi connectivity index (χ1n) is 7.93. The number of aromatic nitrogens is 2. The highest BCUT2D eigenvalue weighted by molar-refractivity contribution is 7.89. The van der Waals surface area contributed by atoms with Crippen molar-refractivity contribution in [2.24, 2.45) is 0 Å². The van der Waals surface area contributed by atoms with Gasteiger partial charge in [-0.1, -0.05) is 18.2 Å². The second-order valence-electron chi connectivity index (χ2n) is 5.77. The van der Waals surface area contributed by atoms with Gasteiger partial charge in [0.05, 0.1) is 18.6 Å². The predicted molar refractivity (Wildman–Crippen MR) is 96.2 cm³/mol. The fourth-order valence-electron chi connectivity index (χ4n) is 2.50. The van der Waals surface area contributed by atoms with E-state index in [4.69, 9.17) is 9.15 Å². The molecule has 0 saturated heterocycles. The van der Waals surface area contributed by atoms with Gasteiger partial charge in [0.2, 0.25) is 21.8 Å². The van der Waals surface area contributed by atoms with Crippen LogP contribution in [0.2, 0.25) is 0 Å². The van der Waals surface area contributed by atoms with Crippen molar-refractivity contribution in [1.82, 2.24) is 14.9 Å². The lowest BCUT2D eigenvalue weighted by molar-refractivity contribution is 0.411. The first-order chi connectivity index (χ1) is 12.4. The number of aryl methyl sites for hydroxylation is 2. The third-order valence-corrected chi connectivity index (χ3v) is 5.33. The summed E-state index contributed by atoms with van der Waals surface area (Å²) in [5.41, 5.74) is 2.55. The average Bonchev–Trinajstić information content (AvgIpc) is 3.09. The Morgan fingerprint density at radius 1 is 1.08 bits per heavy atom. The van der Waals surface area contributed by atoms with Crippen LogP contribution < -0.4 is 9.46 Å². The van der Waals surface area contributed by atoms with Gasteiger partial charge in [0, 0.05) is 5.56 Å². The molecule has 7 nitrogen and oxygen atoms in total. The van der Waals surface area contributed by atoms with Crippen LogP contribution in [0.3, 0.4) is 0 Å². The van der Waals surface area contributed by atoms with Gasteiger partial charge < -0.3 is 9.15 Å². The van der Waals surface area contributed by atoms with Crippen LogP contribution in [0.4, 0.5) is 0 Å². The molecule has 0 saturated carbocycles. The number of nitrogens with zero attached hydrogens (tertiary/aromatic N) is 2. The Labute approximate surface area is 152 Å². The van der Waals surface area contributed by atoms with Crippen LogP contribution in [0.25, 0.3) is 11.5 Å². The van der Waals surface area contributed by atoms with Crippen molar-refractivity contribution in [1.29, 1.82) is 0 Å². The summed E-state index contributed by atoms with van der Waals surface area (Å²) >= 11 is 0. The standard InChI is InChI=1S/C18H19N3O4S/c1-12-6-4-5-7-15(12)18-21-20-17(25-18)11-19-26(22,23)14-8-9-16(24-3)13(2)10-14/h4-10,19H,11H2,1-3H3. The van der Waals surface area contributed by atoms with Crippen molar-refractivity contribution in [3.05, 3.63) is 59.5 Å². The molecule has 0 atom stereocenters. The predicted octanol–water partition coefficient (Wildman–Crippen LogP) is 2.84. The van der Waals surface area contributed by atoms with E-state index in [-0.39, 0.29) is 17.3 Å². The summed E-state index contributed by atoms with van der Waals surface area (Å²) < 4.78 is 38.1. The second-order valence-corrected chi connectivity index (χ2v) is 7.54. The van der Waals surface area contributed by atoms with Gasteiger partial charge in [0.1, 0.15) is 5.75 Å². The highest BCUT2D eigenvalue weighted by Gasteiger charge is 2.17. The monoisotopic (exact) mass is 373 g/mol. The van der Waals surface area contributed by atoms with Crippen LogP contribution in [0.15, 0.2) is 51.8 Å². The molecule has 136 valence electrons. The Bertz CT molecular complexity index is 1030. The van der Waals surface area contributed by atoms with E-state index < -0.39 is 10.0 Å². The molecule has 0 bridgehead atoms. The molecule has 0 aliphatic heterocycles. The summed E-state index contributed by atoms with van der Waals surface area (Å²) in [7, 11) is -2.16. The minimum Gasteiger partial charge on any atom is -0.496 e. The molecule has 0 radical (unpaired) electrons. The summed E-state index contributed by atoms with van der Waals surface area (Å²) in [6.45, 7) is 3.63. The Morgan fingerprint density at radius 2 is 1.85 bits per heavy atom. The smallest absolute Gasteiger partial charge is 0.248 e. The molecule has 1 aromatic heterocycles. The van der Waals surface area contributed by atoms with E-state index in [0.29, 0.717) is 11.6 Å². The Morgan fingerprint density at radius 3 is 2.54 bits per heavy atom. The van der Waals surface area contributed by atoms with E-state index in [2.05, 4.69) is 14.9 Å². The number of hydrogen-bond acceptors (Lipinski definition) is 6. The van der Waals surface area contributed by atoms with Gasteiger partial charge in [-0.3, -0.25) is 0 Å². The Kier molecular flexibility index (Phi) is 5.06. The number of sulfonamides is 1. The summed E-state index contributed by atoms with van der Waals surface area (Å²) in [6, 6.07) is 12.3. The summed E-state index contributed by atoms with van der Waals surface area (Å²) in [4.78, 5) is 0.148. The lowest BCUT2D eigenvalue weighted by Crippen LogP contribution is -2.23. The lowest BCUT2D eigenvalue weighted by atomic mass is 10.1. The van der Waals surface area contributed by atoms with E-state index in [9.17, 15) is 8.42 Å². The summed E-state index contributed by atoms with van der Waals surface area (Å²) in [5, 5.41) is 7.90. The minimum atomic E-state index is -3.70. The van der Waals surface area contributed by atoms with E-state index >= 15 is 0 Å². The van der Waals surface area contributed by atoms with E-state index in [1.807, 2.05) is 31.2 Å². The molecule has 1 N–H and O–H groups in total. The van der Waals surface area contributed by atoms with Crippen molar-refractivity contribution >= 4 is 10.0 Å². The molecular weight excluding hydrogens is 354 g/mol.